The van der Waals surface area contributed by atoms with Crippen LogP contribution in [-0.4, -0.2) is 31.3 Å². The van der Waals surface area contributed by atoms with Crippen molar-refractivity contribution in [3.05, 3.63) is 64.6 Å². The second-order valence-electron chi connectivity index (χ2n) is 6.58. The average Bonchev–Trinajstić information content (AvgIpc) is 3.35. The van der Waals surface area contributed by atoms with Crippen molar-refractivity contribution in [1.29, 1.82) is 0 Å². The summed E-state index contributed by atoms with van der Waals surface area (Å²) in [6.07, 6.45) is 1.52. The first-order chi connectivity index (χ1) is 14.0. The van der Waals surface area contributed by atoms with Gasteiger partial charge < -0.3 is 9.15 Å². The number of hydrogen-bond acceptors (Lipinski definition) is 7. The van der Waals surface area contributed by atoms with Crippen molar-refractivity contribution in [1.82, 2.24) is 19.6 Å². The first-order valence-corrected chi connectivity index (χ1v) is 9.96. The van der Waals surface area contributed by atoms with Crippen LogP contribution < -0.4 is 10.3 Å². The number of thioether (sulfide) groups is 1. The Balaban J connectivity index is 1.57. The summed E-state index contributed by atoms with van der Waals surface area (Å²) >= 11 is 1.14. The van der Waals surface area contributed by atoms with Gasteiger partial charge in [-0.25, -0.2) is 9.50 Å². The van der Waals surface area contributed by atoms with E-state index in [0.29, 0.717) is 28.1 Å². The standard InChI is InChI=1S/C20H18N4O4S/c1-12(2)13-6-3-4-7-14(13)28-18(26)11-29-20-22-19(15-8-5-9-27-15)21-16-10-17(25)23-24(16)20/h3-10,12H,11H2,1-2H3,(H,23,25). The minimum absolute atomic E-state index is 0.0103. The van der Waals surface area contributed by atoms with Crippen LogP contribution >= 0.6 is 11.8 Å². The lowest BCUT2D eigenvalue weighted by molar-refractivity contribution is -0.131. The highest BCUT2D eigenvalue weighted by Crippen LogP contribution is 2.27. The lowest BCUT2D eigenvalue weighted by Gasteiger charge is -2.12. The van der Waals surface area contributed by atoms with E-state index in [4.69, 9.17) is 9.15 Å². The maximum Gasteiger partial charge on any atom is 0.321 e. The van der Waals surface area contributed by atoms with E-state index in [1.54, 1.807) is 18.2 Å². The number of fused-ring (bicyclic) bond motifs is 1. The molecule has 0 fully saturated rings. The fourth-order valence-electron chi connectivity index (χ4n) is 2.82. The van der Waals surface area contributed by atoms with E-state index in [1.807, 2.05) is 32.0 Å². The molecule has 9 heteroatoms. The fraction of sp³-hybridized carbons (Fsp3) is 0.200. The molecule has 0 unspecified atom stereocenters. The molecule has 0 aliphatic carbocycles. The molecule has 0 aliphatic rings. The number of nitrogens with zero attached hydrogens (tertiary/aromatic N) is 3. The Morgan fingerprint density at radius 2 is 2.07 bits per heavy atom. The number of rotatable bonds is 6. The average molecular weight is 410 g/mol. The summed E-state index contributed by atoms with van der Waals surface area (Å²) in [6.45, 7) is 4.08. The van der Waals surface area contributed by atoms with E-state index >= 15 is 0 Å². The predicted molar refractivity (Wildman–Crippen MR) is 108 cm³/mol. The molecule has 0 aliphatic heterocycles. The van der Waals surface area contributed by atoms with Gasteiger partial charge in [0.15, 0.2) is 22.4 Å². The van der Waals surface area contributed by atoms with Gasteiger partial charge in [0.05, 0.1) is 12.0 Å². The van der Waals surface area contributed by atoms with Crippen molar-refractivity contribution in [2.24, 2.45) is 0 Å². The van der Waals surface area contributed by atoms with E-state index in [2.05, 4.69) is 15.1 Å². The number of benzene rings is 1. The molecule has 0 saturated heterocycles. The van der Waals surface area contributed by atoms with Gasteiger partial charge in [-0.15, -0.1) is 0 Å². The highest BCUT2D eigenvalue weighted by Gasteiger charge is 2.16. The predicted octanol–water partition coefficient (Wildman–Crippen LogP) is 3.50. The molecule has 0 spiro atoms. The summed E-state index contributed by atoms with van der Waals surface area (Å²) in [5.41, 5.74) is 1.04. The molecule has 8 nitrogen and oxygen atoms in total. The van der Waals surface area contributed by atoms with Crippen LogP contribution in [0, 0.1) is 0 Å². The molecule has 1 N–H and O–H groups in total. The quantitative estimate of drug-likeness (QED) is 0.295. The summed E-state index contributed by atoms with van der Waals surface area (Å²) in [4.78, 5) is 32.9. The maximum absolute atomic E-state index is 12.4. The van der Waals surface area contributed by atoms with Crippen molar-refractivity contribution in [3.63, 3.8) is 0 Å². The van der Waals surface area contributed by atoms with Gasteiger partial charge in [-0.1, -0.05) is 43.8 Å². The number of aromatic amines is 1. The number of esters is 1. The van der Waals surface area contributed by atoms with Crippen molar-refractivity contribution >= 4 is 23.4 Å². The first-order valence-electron chi connectivity index (χ1n) is 8.97. The molecule has 0 bridgehead atoms. The molecular formula is C20H18N4O4S. The summed E-state index contributed by atoms with van der Waals surface area (Å²) in [5, 5.41) is 3.03. The molecule has 1 aromatic carbocycles. The molecule has 148 valence electrons. The Hall–Kier alpha value is -3.33. The van der Waals surface area contributed by atoms with Crippen LogP contribution in [-0.2, 0) is 4.79 Å². The Labute approximate surface area is 169 Å². The fourth-order valence-corrected chi connectivity index (χ4v) is 3.55. The van der Waals surface area contributed by atoms with E-state index in [1.165, 1.54) is 16.8 Å². The highest BCUT2D eigenvalue weighted by molar-refractivity contribution is 7.99. The zero-order valence-electron chi connectivity index (χ0n) is 15.8. The van der Waals surface area contributed by atoms with Crippen LogP contribution in [0.3, 0.4) is 0 Å². The molecule has 0 saturated carbocycles. The third-order valence-electron chi connectivity index (χ3n) is 4.15. The zero-order valence-corrected chi connectivity index (χ0v) is 16.6. The number of aromatic nitrogens is 4. The number of hydrogen-bond donors (Lipinski definition) is 1. The lowest BCUT2D eigenvalue weighted by Crippen LogP contribution is -2.13. The number of H-pyrrole nitrogens is 1. The molecule has 3 heterocycles. The monoisotopic (exact) mass is 410 g/mol. The van der Waals surface area contributed by atoms with Gasteiger partial charge >= 0.3 is 5.97 Å². The molecule has 0 amide bonds. The summed E-state index contributed by atoms with van der Waals surface area (Å²) in [7, 11) is 0. The summed E-state index contributed by atoms with van der Waals surface area (Å²) in [6, 6.07) is 12.3. The van der Waals surface area contributed by atoms with E-state index in [0.717, 1.165) is 17.3 Å². The van der Waals surface area contributed by atoms with Crippen LogP contribution in [0.1, 0.15) is 25.3 Å². The number of furan rings is 1. The van der Waals surface area contributed by atoms with Gasteiger partial charge in [0, 0.05) is 6.07 Å². The maximum atomic E-state index is 12.4. The number of ether oxygens (including phenoxy) is 1. The minimum atomic E-state index is -0.413. The van der Waals surface area contributed by atoms with Crippen molar-refractivity contribution < 1.29 is 13.9 Å². The molecule has 3 aromatic heterocycles. The van der Waals surface area contributed by atoms with Crippen LogP contribution in [0.5, 0.6) is 5.75 Å². The number of nitrogens with one attached hydrogen (secondary N) is 1. The third kappa shape index (κ3) is 4.09. The summed E-state index contributed by atoms with van der Waals surface area (Å²) < 4.78 is 12.3. The van der Waals surface area contributed by atoms with Crippen molar-refractivity contribution in [2.75, 3.05) is 5.75 Å². The van der Waals surface area contributed by atoms with Gasteiger partial charge in [-0.05, 0) is 29.7 Å². The molecule has 4 aromatic rings. The molecule has 29 heavy (non-hydrogen) atoms. The van der Waals surface area contributed by atoms with E-state index in [-0.39, 0.29) is 17.2 Å². The number of carbonyl (C=O) groups excluding carboxylic acids is 1. The molecule has 0 atom stereocenters. The Morgan fingerprint density at radius 1 is 1.24 bits per heavy atom. The number of carbonyl (C=O) groups is 1. The largest absolute Gasteiger partial charge is 0.461 e. The van der Waals surface area contributed by atoms with Crippen molar-refractivity contribution in [3.8, 4) is 17.3 Å². The second kappa shape index (κ2) is 7.96. The Kier molecular flexibility index (Phi) is 5.22. The van der Waals surface area contributed by atoms with Gasteiger partial charge in [-0.3, -0.25) is 14.7 Å². The minimum Gasteiger partial charge on any atom is -0.461 e. The van der Waals surface area contributed by atoms with Gasteiger partial charge in [0.1, 0.15) is 5.75 Å². The van der Waals surface area contributed by atoms with Crippen LogP contribution in [0.15, 0.2) is 63.1 Å². The molecule has 0 radical (unpaired) electrons. The van der Waals surface area contributed by atoms with Gasteiger partial charge in [0.25, 0.3) is 5.56 Å². The second-order valence-corrected chi connectivity index (χ2v) is 7.52. The topological polar surface area (TPSA) is 102 Å². The van der Waals surface area contributed by atoms with Crippen molar-refractivity contribution in [2.45, 2.75) is 24.9 Å². The van der Waals surface area contributed by atoms with Gasteiger partial charge in [0.2, 0.25) is 0 Å². The van der Waals surface area contributed by atoms with E-state index < -0.39 is 5.97 Å². The normalized spacial score (nSPS) is 11.3. The highest BCUT2D eigenvalue weighted by atomic mass is 32.2. The lowest BCUT2D eigenvalue weighted by atomic mass is 10.0. The number of para-hydroxylation sites is 1. The van der Waals surface area contributed by atoms with Crippen LogP contribution in [0.2, 0.25) is 0 Å². The van der Waals surface area contributed by atoms with Crippen LogP contribution in [0.25, 0.3) is 17.2 Å². The Morgan fingerprint density at radius 3 is 2.83 bits per heavy atom. The molecular weight excluding hydrogens is 392 g/mol. The summed E-state index contributed by atoms with van der Waals surface area (Å²) in [5.74, 6) is 1.17. The van der Waals surface area contributed by atoms with Crippen LogP contribution in [0.4, 0.5) is 0 Å². The van der Waals surface area contributed by atoms with Gasteiger partial charge in [-0.2, -0.15) is 4.98 Å². The first kappa shape index (κ1) is 19.0. The molecule has 4 rings (SSSR count). The zero-order chi connectivity index (χ0) is 20.4. The SMILES string of the molecule is CC(C)c1ccccc1OC(=O)CSc1nc(-c2ccco2)nc2cc(=O)[nH]n12. The Bertz CT molecular complexity index is 1210. The smallest absolute Gasteiger partial charge is 0.321 e. The van der Waals surface area contributed by atoms with E-state index in [9.17, 15) is 9.59 Å². The third-order valence-corrected chi connectivity index (χ3v) is 5.06.